The number of benzene rings is 3. The molecule has 3 aromatic carbocycles. The molecule has 2 N–H and O–H groups in total. The molecule has 0 unspecified atom stereocenters. The molecule has 3 aromatic rings. The predicted octanol–water partition coefficient (Wildman–Crippen LogP) is 3.28. The van der Waals surface area contributed by atoms with E-state index in [0.29, 0.717) is 5.56 Å². The van der Waals surface area contributed by atoms with Crippen LogP contribution in [0.3, 0.4) is 0 Å². The van der Waals surface area contributed by atoms with Crippen molar-refractivity contribution in [1.29, 1.82) is 0 Å². The Labute approximate surface area is 174 Å². The summed E-state index contributed by atoms with van der Waals surface area (Å²) in [5.74, 6) is -1.27. The highest BCUT2D eigenvalue weighted by molar-refractivity contribution is 7.89. The average Bonchev–Trinajstić information content (AvgIpc) is 2.74. The molecule has 30 heavy (non-hydrogen) atoms. The largest absolute Gasteiger partial charge is 0.507 e. The van der Waals surface area contributed by atoms with Gasteiger partial charge in [-0.2, -0.15) is 0 Å². The molecule has 0 aliphatic carbocycles. The molecule has 8 heteroatoms. The lowest BCUT2D eigenvalue weighted by molar-refractivity contribution is 0.0782. The fourth-order valence-electron chi connectivity index (χ4n) is 2.85. The summed E-state index contributed by atoms with van der Waals surface area (Å²) < 4.78 is 40.8. The Morgan fingerprint density at radius 3 is 2.33 bits per heavy atom. The van der Waals surface area contributed by atoms with Crippen LogP contribution in [-0.2, 0) is 23.1 Å². The van der Waals surface area contributed by atoms with Crippen molar-refractivity contribution in [2.75, 3.05) is 7.05 Å². The minimum Gasteiger partial charge on any atom is -0.507 e. The highest BCUT2D eigenvalue weighted by Gasteiger charge is 2.21. The monoisotopic (exact) mass is 428 g/mol. The van der Waals surface area contributed by atoms with Gasteiger partial charge in [0.15, 0.2) is 0 Å². The van der Waals surface area contributed by atoms with Crippen molar-refractivity contribution in [1.82, 2.24) is 9.62 Å². The maximum absolute atomic E-state index is 13.1. The van der Waals surface area contributed by atoms with Crippen LogP contribution >= 0.6 is 0 Å². The van der Waals surface area contributed by atoms with Crippen LogP contribution in [0.4, 0.5) is 4.39 Å². The number of sulfonamides is 1. The number of hydrogen-bond acceptors (Lipinski definition) is 4. The first-order chi connectivity index (χ1) is 14.3. The van der Waals surface area contributed by atoms with Crippen LogP contribution in [0.25, 0.3) is 0 Å². The summed E-state index contributed by atoms with van der Waals surface area (Å²) in [5.41, 5.74) is 1.34. The maximum Gasteiger partial charge on any atom is 0.257 e. The van der Waals surface area contributed by atoms with E-state index in [4.69, 9.17) is 0 Å². The second-order valence-electron chi connectivity index (χ2n) is 6.78. The topological polar surface area (TPSA) is 86.7 Å². The maximum atomic E-state index is 13.1. The molecule has 0 saturated carbocycles. The van der Waals surface area contributed by atoms with E-state index in [1.807, 2.05) is 6.07 Å². The Bertz CT molecular complexity index is 1130. The molecule has 1 amide bonds. The number of halogens is 1. The summed E-state index contributed by atoms with van der Waals surface area (Å²) in [6.45, 7) is 0.263. The Balaban J connectivity index is 1.77. The highest BCUT2D eigenvalue weighted by Crippen LogP contribution is 2.23. The number of phenols is 1. The van der Waals surface area contributed by atoms with E-state index in [9.17, 15) is 22.7 Å². The molecule has 0 aliphatic heterocycles. The first kappa shape index (κ1) is 21.5. The molecule has 0 saturated heterocycles. The average molecular weight is 428 g/mol. The highest BCUT2D eigenvalue weighted by atomic mass is 32.2. The minimum atomic E-state index is -3.89. The molecule has 0 radical (unpaired) electrons. The van der Waals surface area contributed by atoms with Crippen LogP contribution in [0.5, 0.6) is 5.75 Å². The molecule has 0 heterocycles. The summed E-state index contributed by atoms with van der Waals surface area (Å²) in [7, 11) is -2.38. The fourth-order valence-corrected chi connectivity index (χ4v) is 3.90. The summed E-state index contributed by atoms with van der Waals surface area (Å²) >= 11 is 0. The van der Waals surface area contributed by atoms with Gasteiger partial charge in [-0.25, -0.2) is 17.5 Å². The first-order valence-electron chi connectivity index (χ1n) is 9.13. The van der Waals surface area contributed by atoms with Crippen molar-refractivity contribution in [3.8, 4) is 5.75 Å². The Hall–Kier alpha value is -3.23. The third kappa shape index (κ3) is 5.22. The number of amides is 1. The van der Waals surface area contributed by atoms with Gasteiger partial charge in [-0.1, -0.05) is 42.5 Å². The van der Waals surface area contributed by atoms with Crippen molar-refractivity contribution >= 4 is 15.9 Å². The van der Waals surface area contributed by atoms with Crippen LogP contribution < -0.4 is 4.72 Å². The van der Waals surface area contributed by atoms with Crippen molar-refractivity contribution in [3.05, 3.63) is 95.3 Å². The third-order valence-electron chi connectivity index (χ3n) is 4.50. The Morgan fingerprint density at radius 2 is 1.67 bits per heavy atom. The zero-order valence-electron chi connectivity index (χ0n) is 16.2. The van der Waals surface area contributed by atoms with Crippen molar-refractivity contribution in [2.24, 2.45) is 0 Å². The number of carbonyl (C=O) groups is 1. The van der Waals surface area contributed by atoms with E-state index >= 15 is 0 Å². The molecule has 0 spiro atoms. The van der Waals surface area contributed by atoms with E-state index in [0.717, 1.165) is 11.6 Å². The lowest BCUT2D eigenvalue weighted by Crippen LogP contribution is -2.27. The zero-order valence-corrected chi connectivity index (χ0v) is 17.1. The van der Waals surface area contributed by atoms with Gasteiger partial charge in [-0.15, -0.1) is 0 Å². The van der Waals surface area contributed by atoms with Crippen LogP contribution in [0.15, 0.2) is 77.7 Å². The fraction of sp³-hybridized carbons (Fsp3) is 0.136. The van der Waals surface area contributed by atoms with Crippen LogP contribution in [0.1, 0.15) is 21.5 Å². The standard InChI is InChI=1S/C22H21FN2O4S/c1-25(15-17-7-9-18(23)10-8-17)22(27)20-13-19(11-12-21(20)26)30(28,29)24-14-16-5-3-2-4-6-16/h2-13,24,26H,14-15H2,1H3. The SMILES string of the molecule is CN(Cc1ccc(F)cc1)C(=O)c1cc(S(=O)(=O)NCc2ccccc2)ccc1O. The van der Waals surface area contributed by atoms with E-state index in [-0.39, 0.29) is 35.1 Å². The number of hydrogen-bond donors (Lipinski definition) is 2. The number of aromatic hydroxyl groups is 1. The molecular formula is C22H21FN2O4S. The molecule has 156 valence electrons. The number of nitrogens with one attached hydrogen (secondary N) is 1. The van der Waals surface area contributed by atoms with E-state index in [2.05, 4.69) is 4.72 Å². The van der Waals surface area contributed by atoms with Gasteiger partial charge in [0.2, 0.25) is 10.0 Å². The van der Waals surface area contributed by atoms with Crippen molar-refractivity contribution < 1.29 is 22.7 Å². The molecule has 3 rings (SSSR count). The van der Waals surface area contributed by atoms with Gasteiger partial charge < -0.3 is 10.0 Å². The number of carbonyl (C=O) groups excluding carboxylic acids is 1. The van der Waals surface area contributed by atoms with Crippen LogP contribution in [-0.4, -0.2) is 31.4 Å². The predicted molar refractivity (Wildman–Crippen MR) is 111 cm³/mol. The van der Waals surface area contributed by atoms with Gasteiger partial charge >= 0.3 is 0 Å². The van der Waals surface area contributed by atoms with Gasteiger partial charge in [0.25, 0.3) is 5.91 Å². The lowest BCUT2D eigenvalue weighted by atomic mass is 10.1. The first-order valence-corrected chi connectivity index (χ1v) is 10.6. The zero-order chi connectivity index (χ0) is 21.7. The molecule has 0 aromatic heterocycles. The second kappa shape index (κ2) is 9.06. The van der Waals surface area contributed by atoms with Crippen molar-refractivity contribution in [3.63, 3.8) is 0 Å². The van der Waals surface area contributed by atoms with Gasteiger partial charge in [-0.05, 0) is 41.5 Å². The number of phenolic OH excluding ortho intramolecular Hbond substituents is 1. The number of nitrogens with zero attached hydrogens (tertiary/aromatic N) is 1. The van der Waals surface area contributed by atoms with Gasteiger partial charge in [0.05, 0.1) is 10.5 Å². The van der Waals surface area contributed by atoms with Gasteiger partial charge in [-0.3, -0.25) is 4.79 Å². The molecule has 0 bridgehead atoms. The molecule has 0 aliphatic rings. The van der Waals surface area contributed by atoms with E-state index < -0.39 is 15.9 Å². The Kier molecular flexibility index (Phi) is 6.49. The van der Waals surface area contributed by atoms with E-state index in [1.54, 1.807) is 36.4 Å². The van der Waals surface area contributed by atoms with Gasteiger partial charge in [0, 0.05) is 20.1 Å². The minimum absolute atomic E-state index is 0.0950. The van der Waals surface area contributed by atoms with E-state index in [1.165, 1.54) is 36.2 Å². The second-order valence-corrected chi connectivity index (χ2v) is 8.54. The summed E-state index contributed by atoms with van der Waals surface area (Å²) in [4.78, 5) is 14.0. The lowest BCUT2D eigenvalue weighted by Gasteiger charge is -2.18. The third-order valence-corrected chi connectivity index (χ3v) is 5.90. The van der Waals surface area contributed by atoms with Crippen LogP contribution in [0, 0.1) is 5.82 Å². The molecule has 0 fully saturated rings. The molecule has 6 nitrogen and oxygen atoms in total. The summed E-state index contributed by atoms with van der Waals surface area (Å²) in [5, 5.41) is 10.1. The summed E-state index contributed by atoms with van der Waals surface area (Å²) in [6, 6.07) is 18.3. The Morgan fingerprint density at radius 1 is 1.00 bits per heavy atom. The summed E-state index contributed by atoms with van der Waals surface area (Å²) in [6.07, 6.45) is 0. The number of rotatable bonds is 7. The molecular weight excluding hydrogens is 407 g/mol. The quantitative estimate of drug-likeness (QED) is 0.605. The smallest absolute Gasteiger partial charge is 0.257 e. The van der Waals surface area contributed by atoms with Gasteiger partial charge in [0.1, 0.15) is 11.6 Å². The molecule has 0 atom stereocenters. The van der Waals surface area contributed by atoms with Crippen LogP contribution in [0.2, 0.25) is 0 Å². The van der Waals surface area contributed by atoms with Crippen molar-refractivity contribution in [2.45, 2.75) is 18.0 Å². The normalized spacial score (nSPS) is 11.3.